The van der Waals surface area contributed by atoms with Gasteiger partial charge in [-0.1, -0.05) is 19.1 Å². The van der Waals surface area contributed by atoms with E-state index < -0.39 is 11.9 Å². The highest BCUT2D eigenvalue weighted by Gasteiger charge is 2.27. The standard InChI is InChI=1S/C13H17F3N2OS/c1-2-9(17)7-12(19)18-10-5-3-4-6-11(10)20-8-13(14,15)16/h3-6,9H,2,7-8,17H2,1H3,(H,18,19). The molecule has 1 rings (SSSR count). The third kappa shape index (κ3) is 6.29. The molecule has 0 aliphatic rings. The van der Waals surface area contributed by atoms with Gasteiger partial charge in [0.1, 0.15) is 0 Å². The first-order valence-corrected chi connectivity index (χ1v) is 7.14. The number of hydrogen-bond donors (Lipinski definition) is 2. The van der Waals surface area contributed by atoms with Crippen LogP contribution in [0.2, 0.25) is 0 Å². The van der Waals surface area contributed by atoms with Gasteiger partial charge in [-0.05, 0) is 18.6 Å². The summed E-state index contributed by atoms with van der Waals surface area (Å²) in [4.78, 5) is 12.1. The van der Waals surface area contributed by atoms with Gasteiger partial charge in [0.15, 0.2) is 0 Å². The Hall–Kier alpha value is -1.21. The first-order chi connectivity index (χ1) is 9.31. The summed E-state index contributed by atoms with van der Waals surface area (Å²) in [6, 6.07) is 6.17. The average Bonchev–Trinajstić information content (AvgIpc) is 2.36. The summed E-state index contributed by atoms with van der Waals surface area (Å²) in [6.07, 6.45) is -3.43. The van der Waals surface area contributed by atoms with Crippen molar-refractivity contribution >= 4 is 23.4 Å². The van der Waals surface area contributed by atoms with Crippen LogP contribution >= 0.6 is 11.8 Å². The molecular formula is C13H17F3N2OS. The van der Waals surface area contributed by atoms with Crippen molar-refractivity contribution in [1.29, 1.82) is 0 Å². The SMILES string of the molecule is CCC(N)CC(=O)Nc1ccccc1SCC(F)(F)F. The number of carbonyl (C=O) groups excluding carboxylic acids is 1. The number of halogens is 3. The van der Waals surface area contributed by atoms with Crippen LogP contribution in [0.25, 0.3) is 0 Å². The maximum absolute atomic E-state index is 12.2. The molecule has 0 aliphatic carbocycles. The van der Waals surface area contributed by atoms with Crippen LogP contribution in [0.4, 0.5) is 18.9 Å². The molecule has 0 spiro atoms. The summed E-state index contributed by atoms with van der Waals surface area (Å²) in [7, 11) is 0. The largest absolute Gasteiger partial charge is 0.398 e. The molecular weight excluding hydrogens is 289 g/mol. The van der Waals surface area contributed by atoms with E-state index in [4.69, 9.17) is 5.73 Å². The molecule has 0 fully saturated rings. The van der Waals surface area contributed by atoms with E-state index in [-0.39, 0.29) is 18.4 Å². The molecule has 7 heteroatoms. The van der Waals surface area contributed by atoms with Crippen LogP contribution in [-0.4, -0.2) is 23.9 Å². The smallest absolute Gasteiger partial charge is 0.327 e. The van der Waals surface area contributed by atoms with Gasteiger partial charge in [-0.25, -0.2) is 0 Å². The maximum atomic E-state index is 12.2. The highest BCUT2D eigenvalue weighted by Crippen LogP contribution is 2.32. The van der Waals surface area contributed by atoms with E-state index in [1.54, 1.807) is 24.3 Å². The lowest BCUT2D eigenvalue weighted by Gasteiger charge is -2.13. The number of para-hydroxylation sites is 1. The lowest BCUT2D eigenvalue weighted by Crippen LogP contribution is -2.26. The van der Waals surface area contributed by atoms with E-state index in [1.165, 1.54) is 0 Å². The molecule has 112 valence electrons. The Morgan fingerprint density at radius 3 is 2.65 bits per heavy atom. The predicted molar refractivity (Wildman–Crippen MR) is 74.7 cm³/mol. The van der Waals surface area contributed by atoms with Crippen LogP contribution in [0.5, 0.6) is 0 Å². The second kappa shape index (κ2) is 7.54. The van der Waals surface area contributed by atoms with Crippen LogP contribution in [0.3, 0.4) is 0 Å². The Bertz CT molecular complexity index is 451. The number of alkyl halides is 3. The van der Waals surface area contributed by atoms with Gasteiger partial charge in [0.05, 0.1) is 11.4 Å². The Kier molecular flexibility index (Phi) is 6.35. The van der Waals surface area contributed by atoms with Crippen molar-refractivity contribution in [3.63, 3.8) is 0 Å². The van der Waals surface area contributed by atoms with Gasteiger partial charge in [0, 0.05) is 17.4 Å². The van der Waals surface area contributed by atoms with Crippen LogP contribution in [0, 0.1) is 0 Å². The second-order valence-electron chi connectivity index (χ2n) is 4.32. The second-order valence-corrected chi connectivity index (χ2v) is 5.34. The fraction of sp³-hybridized carbons (Fsp3) is 0.462. The number of thioether (sulfide) groups is 1. The summed E-state index contributed by atoms with van der Waals surface area (Å²) in [5.41, 5.74) is 6.05. The maximum Gasteiger partial charge on any atom is 0.398 e. The predicted octanol–water partition coefficient (Wildman–Crippen LogP) is 3.41. The van der Waals surface area contributed by atoms with Crippen molar-refractivity contribution in [2.75, 3.05) is 11.1 Å². The molecule has 20 heavy (non-hydrogen) atoms. The molecule has 0 heterocycles. The number of nitrogens with one attached hydrogen (secondary N) is 1. The summed E-state index contributed by atoms with van der Waals surface area (Å²) in [5.74, 6) is -1.28. The molecule has 0 aliphatic heterocycles. The highest BCUT2D eigenvalue weighted by atomic mass is 32.2. The molecule has 1 amide bonds. The number of nitrogens with two attached hydrogens (primary N) is 1. The molecule has 0 bridgehead atoms. The molecule has 3 N–H and O–H groups in total. The molecule has 0 saturated carbocycles. The van der Waals surface area contributed by atoms with E-state index in [0.29, 0.717) is 28.8 Å². The number of amides is 1. The summed E-state index contributed by atoms with van der Waals surface area (Å²) < 4.78 is 36.7. The Morgan fingerprint density at radius 2 is 2.05 bits per heavy atom. The quantitative estimate of drug-likeness (QED) is 0.792. The first kappa shape index (κ1) is 16.8. The topological polar surface area (TPSA) is 55.1 Å². The fourth-order valence-electron chi connectivity index (χ4n) is 1.44. The van der Waals surface area contributed by atoms with Crippen molar-refractivity contribution in [3.8, 4) is 0 Å². The van der Waals surface area contributed by atoms with Gasteiger partial charge in [-0.3, -0.25) is 4.79 Å². The zero-order valence-electron chi connectivity index (χ0n) is 11.0. The summed E-state index contributed by atoms with van der Waals surface area (Å²) in [5, 5.41) is 2.60. The van der Waals surface area contributed by atoms with E-state index >= 15 is 0 Å². The van der Waals surface area contributed by atoms with Crippen LogP contribution < -0.4 is 11.1 Å². The van der Waals surface area contributed by atoms with Crippen molar-refractivity contribution in [1.82, 2.24) is 0 Å². The zero-order chi connectivity index (χ0) is 15.2. The highest BCUT2D eigenvalue weighted by molar-refractivity contribution is 7.99. The number of rotatable bonds is 6. The average molecular weight is 306 g/mol. The van der Waals surface area contributed by atoms with E-state index in [9.17, 15) is 18.0 Å². The summed E-state index contributed by atoms with van der Waals surface area (Å²) >= 11 is 0.650. The Balaban J connectivity index is 2.68. The van der Waals surface area contributed by atoms with Gasteiger partial charge in [-0.2, -0.15) is 13.2 Å². The summed E-state index contributed by atoms with van der Waals surface area (Å²) in [6.45, 7) is 1.87. The molecule has 1 aromatic carbocycles. The van der Waals surface area contributed by atoms with E-state index in [2.05, 4.69) is 5.32 Å². The molecule has 0 saturated heterocycles. The molecule has 3 nitrogen and oxygen atoms in total. The number of anilines is 1. The Morgan fingerprint density at radius 1 is 1.40 bits per heavy atom. The molecule has 1 aromatic rings. The first-order valence-electron chi connectivity index (χ1n) is 6.16. The molecule has 0 aromatic heterocycles. The number of hydrogen-bond acceptors (Lipinski definition) is 3. The van der Waals surface area contributed by atoms with Crippen LogP contribution in [0.15, 0.2) is 29.2 Å². The van der Waals surface area contributed by atoms with Gasteiger partial charge in [0.2, 0.25) is 5.91 Å². The van der Waals surface area contributed by atoms with Crippen molar-refractivity contribution in [3.05, 3.63) is 24.3 Å². The minimum atomic E-state index is -4.24. The zero-order valence-corrected chi connectivity index (χ0v) is 11.9. The van der Waals surface area contributed by atoms with E-state index in [1.807, 2.05) is 6.92 Å². The van der Waals surface area contributed by atoms with Crippen molar-refractivity contribution in [2.24, 2.45) is 5.73 Å². The van der Waals surface area contributed by atoms with Crippen LogP contribution in [-0.2, 0) is 4.79 Å². The van der Waals surface area contributed by atoms with Gasteiger partial charge < -0.3 is 11.1 Å². The third-order valence-corrected chi connectivity index (χ3v) is 3.66. The minimum Gasteiger partial charge on any atom is -0.327 e. The lowest BCUT2D eigenvalue weighted by molar-refractivity contribution is -0.116. The Labute approximate surface area is 120 Å². The molecule has 1 unspecified atom stereocenters. The number of carbonyl (C=O) groups is 1. The molecule has 0 radical (unpaired) electrons. The molecule has 1 atom stereocenters. The van der Waals surface area contributed by atoms with Crippen molar-refractivity contribution in [2.45, 2.75) is 36.9 Å². The van der Waals surface area contributed by atoms with Gasteiger partial charge in [-0.15, -0.1) is 11.8 Å². The van der Waals surface area contributed by atoms with Crippen molar-refractivity contribution < 1.29 is 18.0 Å². The fourth-order valence-corrected chi connectivity index (χ4v) is 2.21. The van der Waals surface area contributed by atoms with Gasteiger partial charge in [0.25, 0.3) is 0 Å². The minimum absolute atomic E-state index is 0.148. The monoisotopic (exact) mass is 306 g/mol. The van der Waals surface area contributed by atoms with Crippen LogP contribution in [0.1, 0.15) is 19.8 Å². The normalized spacial score (nSPS) is 13.1. The lowest BCUT2D eigenvalue weighted by atomic mass is 10.1. The van der Waals surface area contributed by atoms with E-state index in [0.717, 1.165) is 0 Å². The van der Waals surface area contributed by atoms with Gasteiger partial charge >= 0.3 is 6.18 Å². The number of benzene rings is 1. The third-order valence-electron chi connectivity index (χ3n) is 2.52.